The Morgan fingerprint density at radius 2 is 1.29 bits per heavy atom. The molecule has 0 radical (unpaired) electrons. The molecule has 0 aliphatic heterocycles. The first kappa shape index (κ1) is 32.7. The fourth-order valence-electron chi connectivity index (χ4n) is 4.68. The normalized spacial score (nSPS) is 13.7. The van der Waals surface area contributed by atoms with Gasteiger partial charge in [-0.05, 0) is 85.7 Å². The lowest BCUT2D eigenvalue weighted by Gasteiger charge is -2.29. The van der Waals surface area contributed by atoms with E-state index in [4.69, 9.17) is 4.74 Å². The topological polar surface area (TPSA) is 64.6 Å². The molecule has 0 heterocycles. The molecule has 1 N–H and O–H groups in total. The SMILES string of the molecule is CCCC(c1ccc(C(=O)OC(C)(C)C)cc1)C(NC(=O)c1ccc(C(C)(C)C)cc1)c1ccc(OC(F)(F)F)cc1. The van der Waals surface area contributed by atoms with Gasteiger partial charge in [-0.1, -0.05) is 70.5 Å². The number of carbonyl (C=O) groups excluding carboxylic acids is 2. The van der Waals surface area contributed by atoms with Crippen LogP contribution in [0.1, 0.15) is 111 Å². The Bertz CT molecular complexity index is 1330. The van der Waals surface area contributed by atoms with Crippen molar-refractivity contribution < 1.29 is 32.2 Å². The standard InChI is InChI=1S/C34H40F3NO4/c1-8-9-28(22-10-12-25(13-11-22)31(40)42-33(5,6)7)29(23-16-20-27(21-17-23)41-34(35,36)37)38-30(39)24-14-18-26(19-15-24)32(2,3)4/h10-21,28-29H,8-9H2,1-7H3,(H,38,39). The van der Waals surface area contributed by atoms with E-state index in [1.165, 1.54) is 24.3 Å². The number of rotatable bonds is 9. The van der Waals surface area contributed by atoms with Crippen molar-refractivity contribution in [2.45, 2.75) is 90.6 Å². The highest BCUT2D eigenvalue weighted by atomic mass is 19.4. The van der Waals surface area contributed by atoms with Gasteiger partial charge in [-0.15, -0.1) is 13.2 Å². The van der Waals surface area contributed by atoms with Crippen molar-refractivity contribution >= 4 is 11.9 Å². The molecule has 5 nitrogen and oxygen atoms in total. The van der Waals surface area contributed by atoms with Gasteiger partial charge in [0, 0.05) is 11.5 Å². The highest BCUT2D eigenvalue weighted by Crippen LogP contribution is 2.37. The van der Waals surface area contributed by atoms with Crippen molar-refractivity contribution in [3.05, 3.63) is 101 Å². The van der Waals surface area contributed by atoms with Crippen LogP contribution in [0.4, 0.5) is 13.2 Å². The highest BCUT2D eigenvalue weighted by molar-refractivity contribution is 5.94. The van der Waals surface area contributed by atoms with E-state index in [0.29, 0.717) is 23.1 Å². The van der Waals surface area contributed by atoms with Crippen molar-refractivity contribution in [1.29, 1.82) is 0 Å². The summed E-state index contributed by atoms with van der Waals surface area (Å²) in [5, 5.41) is 3.13. The number of hydrogen-bond donors (Lipinski definition) is 1. The molecule has 0 aliphatic carbocycles. The minimum atomic E-state index is -4.81. The molecule has 2 unspecified atom stereocenters. The molecule has 0 saturated carbocycles. The molecule has 0 bridgehead atoms. The summed E-state index contributed by atoms with van der Waals surface area (Å²) in [6.45, 7) is 13.7. The zero-order valence-electron chi connectivity index (χ0n) is 25.3. The molecule has 226 valence electrons. The third-order valence-corrected chi connectivity index (χ3v) is 6.75. The number of hydrogen-bond acceptors (Lipinski definition) is 4. The Kier molecular flexibility index (Phi) is 10.1. The van der Waals surface area contributed by atoms with Crippen LogP contribution in [0.3, 0.4) is 0 Å². The first-order valence-corrected chi connectivity index (χ1v) is 14.1. The molecular weight excluding hydrogens is 543 g/mol. The van der Waals surface area contributed by atoms with Gasteiger partial charge >= 0.3 is 12.3 Å². The highest BCUT2D eigenvalue weighted by Gasteiger charge is 2.32. The maximum absolute atomic E-state index is 13.5. The quantitative estimate of drug-likeness (QED) is 0.256. The van der Waals surface area contributed by atoms with Crippen LogP contribution in [0.2, 0.25) is 0 Å². The molecule has 42 heavy (non-hydrogen) atoms. The maximum Gasteiger partial charge on any atom is 0.573 e. The molecule has 0 fully saturated rings. The molecule has 2 atom stereocenters. The van der Waals surface area contributed by atoms with Crippen LogP contribution >= 0.6 is 0 Å². The van der Waals surface area contributed by atoms with Crippen molar-refractivity contribution in [2.24, 2.45) is 0 Å². The van der Waals surface area contributed by atoms with Gasteiger partial charge < -0.3 is 14.8 Å². The van der Waals surface area contributed by atoms with Crippen LogP contribution in [0.25, 0.3) is 0 Å². The van der Waals surface area contributed by atoms with Gasteiger partial charge in [-0.25, -0.2) is 4.79 Å². The average Bonchev–Trinajstić information content (AvgIpc) is 2.89. The number of benzene rings is 3. The monoisotopic (exact) mass is 583 g/mol. The van der Waals surface area contributed by atoms with E-state index in [9.17, 15) is 22.8 Å². The van der Waals surface area contributed by atoms with E-state index in [1.54, 1.807) is 45.0 Å². The number of esters is 1. The summed E-state index contributed by atoms with van der Waals surface area (Å²) in [5.41, 5.74) is 2.74. The third kappa shape index (κ3) is 9.36. The maximum atomic E-state index is 13.5. The average molecular weight is 584 g/mol. The number of nitrogens with one attached hydrogen (secondary N) is 1. The number of halogens is 3. The first-order chi connectivity index (χ1) is 19.5. The predicted octanol–water partition coefficient (Wildman–Crippen LogP) is 8.89. The Hall–Kier alpha value is -3.81. The Morgan fingerprint density at radius 1 is 0.762 bits per heavy atom. The fraction of sp³-hybridized carbons (Fsp3) is 0.412. The Labute approximate surface area is 246 Å². The van der Waals surface area contributed by atoms with E-state index >= 15 is 0 Å². The summed E-state index contributed by atoms with van der Waals surface area (Å²) in [6.07, 6.45) is -3.37. The molecule has 0 spiro atoms. The van der Waals surface area contributed by atoms with Gasteiger partial charge in [0.1, 0.15) is 11.4 Å². The van der Waals surface area contributed by atoms with Gasteiger partial charge in [-0.3, -0.25) is 4.79 Å². The van der Waals surface area contributed by atoms with Crippen molar-refractivity contribution in [3.63, 3.8) is 0 Å². The Morgan fingerprint density at radius 3 is 1.76 bits per heavy atom. The Balaban J connectivity index is 1.98. The van der Waals surface area contributed by atoms with Gasteiger partial charge in [0.05, 0.1) is 11.6 Å². The molecule has 0 aromatic heterocycles. The molecule has 1 amide bonds. The van der Waals surface area contributed by atoms with Crippen LogP contribution < -0.4 is 10.1 Å². The molecule has 3 rings (SSSR count). The van der Waals surface area contributed by atoms with E-state index in [2.05, 4.69) is 30.8 Å². The number of alkyl halides is 3. The van der Waals surface area contributed by atoms with Crippen LogP contribution in [0, 0.1) is 0 Å². The van der Waals surface area contributed by atoms with E-state index in [1.807, 2.05) is 31.2 Å². The lowest BCUT2D eigenvalue weighted by molar-refractivity contribution is -0.274. The summed E-state index contributed by atoms with van der Waals surface area (Å²) in [7, 11) is 0. The zero-order chi connectivity index (χ0) is 31.3. The van der Waals surface area contributed by atoms with Crippen LogP contribution in [0.15, 0.2) is 72.8 Å². The molecule has 3 aromatic carbocycles. The second-order valence-corrected chi connectivity index (χ2v) is 12.4. The zero-order valence-corrected chi connectivity index (χ0v) is 25.3. The number of carbonyl (C=O) groups is 2. The molecule has 0 aliphatic rings. The second kappa shape index (κ2) is 13.0. The van der Waals surface area contributed by atoms with E-state index < -0.39 is 24.0 Å². The van der Waals surface area contributed by atoms with Gasteiger partial charge in [0.2, 0.25) is 0 Å². The van der Waals surface area contributed by atoms with Crippen LogP contribution in [-0.4, -0.2) is 23.8 Å². The van der Waals surface area contributed by atoms with Crippen molar-refractivity contribution in [1.82, 2.24) is 5.32 Å². The summed E-state index contributed by atoms with van der Waals surface area (Å²) in [5.74, 6) is -1.33. The summed E-state index contributed by atoms with van der Waals surface area (Å²) >= 11 is 0. The van der Waals surface area contributed by atoms with Crippen molar-refractivity contribution in [2.75, 3.05) is 0 Å². The summed E-state index contributed by atoms with van der Waals surface area (Å²) in [6, 6.07) is 19.4. The number of ether oxygens (including phenoxy) is 2. The van der Waals surface area contributed by atoms with E-state index in [-0.39, 0.29) is 23.0 Å². The lowest BCUT2D eigenvalue weighted by Crippen LogP contribution is -2.33. The van der Waals surface area contributed by atoms with Crippen LogP contribution in [-0.2, 0) is 10.2 Å². The first-order valence-electron chi connectivity index (χ1n) is 14.1. The second-order valence-electron chi connectivity index (χ2n) is 12.4. The summed E-state index contributed by atoms with van der Waals surface area (Å²) < 4.78 is 47.9. The minimum Gasteiger partial charge on any atom is -0.456 e. The predicted molar refractivity (Wildman–Crippen MR) is 158 cm³/mol. The van der Waals surface area contributed by atoms with Gasteiger partial charge in [0.15, 0.2) is 0 Å². The largest absolute Gasteiger partial charge is 0.573 e. The van der Waals surface area contributed by atoms with Crippen molar-refractivity contribution in [3.8, 4) is 5.75 Å². The van der Waals surface area contributed by atoms with Gasteiger partial charge in [-0.2, -0.15) is 0 Å². The smallest absolute Gasteiger partial charge is 0.456 e. The summed E-state index contributed by atoms with van der Waals surface area (Å²) in [4.78, 5) is 26.1. The lowest BCUT2D eigenvalue weighted by atomic mass is 9.83. The van der Waals surface area contributed by atoms with Crippen LogP contribution in [0.5, 0.6) is 5.75 Å². The number of amides is 1. The molecular formula is C34H40F3NO4. The third-order valence-electron chi connectivity index (χ3n) is 6.75. The fourth-order valence-corrected chi connectivity index (χ4v) is 4.68. The molecule has 8 heteroatoms. The van der Waals surface area contributed by atoms with Gasteiger partial charge in [0.25, 0.3) is 5.91 Å². The minimum absolute atomic E-state index is 0.0739. The molecule has 0 saturated heterocycles. The molecule has 3 aromatic rings. The van der Waals surface area contributed by atoms with E-state index in [0.717, 1.165) is 17.5 Å².